The van der Waals surface area contributed by atoms with Gasteiger partial charge in [-0.05, 0) is 26.3 Å². The van der Waals surface area contributed by atoms with Crippen LogP contribution in [0.1, 0.15) is 32.5 Å². The number of nitrogens with two attached hydrogens (primary N) is 1. The molecule has 0 aliphatic rings. The molecule has 0 bridgehead atoms. The van der Waals surface area contributed by atoms with Crippen molar-refractivity contribution < 1.29 is 13.9 Å². The van der Waals surface area contributed by atoms with Crippen LogP contribution in [-0.4, -0.2) is 24.3 Å². The predicted molar refractivity (Wildman–Crippen MR) is 72.5 cm³/mol. The van der Waals surface area contributed by atoms with E-state index in [1.807, 2.05) is 0 Å². The van der Waals surface area contributed by atoms with Crippen LogP contribution in [0.25, 0.3) is 0 Å². The molecule has 106 valence electrons. The summed E-state index contributed by atoms with van der Waals surface area (Å²) in [7, 11) is 0. The number of amides is 1. The molecule has 2 atom stereocenters. The molecule has 1 aromatic carbocycles. The highest BCUT2D eigenvalue weighted by Crippen LogP contribution is 2.21. The molecule has 0 spiro atoms. The molecule has 0 saturated heterocycles. The Labute approximate surface area is 113 Å². The van der Waals surface area contributed by atoms with Crippen molar-refractivity contribution >= 4 is 6.09 Å². The Bertz CT molecular complexity index is 404. The molecule has 0 radical (unpaired) electrons. The molecule has 0 fully saturated rings. The summed E-state index contributed by atoms with van der Waals surface area (Å²) in [5, 5.41) is 2.46. The number of rotatable bonds is 4. The molecular weight excluding hydrogens is 247 g/mol. The molecule has 1 aromatic rings. The minimum atomic E-state index is -1.36. The molecule has 5 heteroatoms. The Hall–Kier alpha value is -1.62. The number of carbonyl (C=O) groups is 1. The summed E-state index contributed by atoms with van der Waals surface area (Å²) in [6.07, 6.45) is -2.03. The number of benzene rings is 1. The SMILES string of the molecule is CC(C)(C)OC(=O)N[C@H](CN)[C@H](F)c1ccccc1. The van der Waals surface area contributed by atoms with Crippen LogP contribution in [0.4, 0.5) is 9.18 Å². The smallest absolute Gasteiger partial charge is 0.408 e. The van der Waals surface area contributed by atoms with Gasteiger partial charge in [0.05, 0.1) is 6.04 Å². The van der Waals surface area contributed by atoms with Gasteiger partial charge in [-0.25, -0.2) is 9.18 Å². The van der Waals surface area contributed by atoms with Crippen molar-refractivity contribution in [2.75, 3.05) is 6.54 Å². The van der Waals surface area contributed by atoms with Crippen LogP contribution in [0.5, 0.6) is 0 Å². The third-order valence-corrected chi connectivity index (χ3v) is 2.43. The Morgan fingerprint density at radius 2 is 1.95 bits per heavy atom. The second-order valence-electron chi connectivity index (χ2n) is 5.30. The first kappa shape index (κ1) is 15.4. The molecule has 1 rings (SSSR count). The van der Waals surface area contributed by atoms with Crippen LogP contribution in [-0.2, 0) is 4.74 Å². The number of hydrogen-bond donors (Lipinski definition) is 2. The Morgan fingerprint density at radius 1 is 1.37 bits per heavy atom. The van der Waals surface area contributed by atoms with E-state index in [1.54, 1.807) is 51.1 Å². The van der Waals surface area contributed by atoms with Crippen LogP contribution in [0.15, 0.2) is 30.3 Å². The lowest BCUT2D eigenvalue weighted by molar-refractivity contribution is 0.0476. The fourth-order valence-electron chi connectivity index (χ4n) is 1.58. The van der Waals surface area contributed by atoms with Gasteiger partial charge in [0, 0.05) is 6.54 Å². The number of ether oxygens (including phenoxy) is 1. The fourth-order valence-corrected chi connectivity index (χ4v) is 1.58. The molecule has 1 amide bonds. The van der Waals surface area contributed by atoms with Gasteiger partial charge in [0.2, 0.25) is 0 Å². The molecule has 0 heterocycles. The Kier molecular flexibility index (Phi) is 5.30. The maximum absolute atomic E-state index is 14.2. The standard InChI is InChI=1S/C14H21FN2O2/c1-14(2,3)19-13(18)17-11(9-16)12(15)10-7-5-4-6-8-10/h4-8,11-12H,9,16H2,1-3H3,(H,17,18)/t11-,12-/m1/s1. The van der Waals surface area contributed by atoms with Gasteiger partial charge in [-0.1, -0.05) is 30.3 Å². The number of alkyl halides is 1. The van der Waals surface area contributed by atoms with E-state index in [-0.39, 0.29) is 6.54 Å². The summed E-state index contributed by atoms with van der Waals surface area (Å²) >= 11 is 0. The lowest BCUT2D eigenvalue weighted by atomic mass is 10.0. The van der Waals surface area contributed by atoms with E-state index >= 15 is 0 Å². The first-order valence-corrected chi connectivity index (χ1v) is 6.22. The zero-order valence-corrected chi connectivity index (χ0v) is 11.5. The monoisotopic (exact) mass is 268 g/mol. The molecule has 0 aliphatic carbocycles. The summed E-state index contributed by atoms with van der Waals surface area (Å²) in [6.45, 7) is 5.23. The zero-order valence-electron chi connectivity index (χ0n) is 11.5. The van der Waals surface area contributed by atoms with Gasteiger partial charge in [-0.15, -0.1) is 0 Å². The lowest BCUT2D eigenvalue weighted by Crippen LogP contribution is -2.45. The first-order valence-electron chi connectivity index (χ1n) is 6.22. The lowest BCUT2D eigenvalue weighted by Gasteiger charge is -2.25. The quantitative estimate of drug-likeness (QED) is 0.882. The van der Waals surface area contributed by atoms with Crippen LogP contribution in [0.2, 0.25) is 0 Å². The second kappa shape index (κ2) is 6.52. The molecule has 3 N–H and O–H groups in total. The second-order valence-corrected chi connectivity index (χ2v) is 5.30. The number of nitrogens with one attached hydrogen (secondary N) is 1. The fraction of sp³-hybridized carbons (Fsp3) is 0.500. The highest BCUT2D eigenvalue weighted by molar-refractivity contribution is 5.68. The van der Waals surface area contributed by atoms with E-state index in [2.05, 4.69) is 5.32 Å². The van der Waals surface area contributed by atoms with E-state index in [0.29, 0.717) is 5.56 Å². The van der Waals surface area contributed by atoms with E-state index in [0.717, 1.165) is 0 Å². The average Bonchev–Trinajstić information content (AvgIpc) is 2.34. The number of halogens is 1. The largest absolute Gasteiger partial charge is 0.444 e. The zero-order chi connectivity index (χ0) is 14.5. The van der Waals surface area contributed by atoms with Gasteiger partial charge in [0.1, 0.15) is 11.8 Å². The average molecular weight is 268 g/mol. The van der Waals surface area contributed by atoms with Gasteiger partial charge < -0.3 is 15.8 Å². The summed E-state index contributed by atoms with van der Waals surface area (Å²) in [5.74, 6) is 0. The van der Waals surface area contributed by atoms with Gasteiger partial charge in [0.15, 0.2) is 0 Å². The number of carbonyl (C=O) groups excluding carboxylic acids is 1. The molecule has 0 aromatic heterocycles. The maximum atomic E-state index is 14.2. The van der Waals surface area contributed by atoms with Crippen molar-refractivity contribution in [2.45, 2.75) is 38.6 Å². The van der Waals surface area contributed by atoms with Crippen molar-refractivity contribution in [3.8, 4) is 0 Å². The van der Waals surface area contributed by atoms with Crippen LogP contribution in [0.3, 0.4) is 0 Å². The molecule has 4 nitrogen and oxygen atoms in total. The normalized spacial score (nSPS) is 14.6. The van der Waals surface area contributed by atoms with E-state index in [9.17, 15) is 9.18 Å². The summed E-state index contributed by atoms with van der Waals surface area (Å²) in [6, 6.07) is 7.78. The number of alkyl carbamates (subject to hydrolysis) is 1. The van der Waals surface area contributed by atoms with E-state index in [4.69, 9.17) is 10.5 Å². The highest BCUT2D eigenvalue weighted by atomic mass is 19.1. The van der Waals surface area contributed by atoms with Crippen molar-refractivity contribution in [3.05, 3.63) is 35.9 Å². The minimum absolute atomic E-state index is 0.00466. The summed E-state index contributed by atoms with van der Waals surface area (Å²) in [4.78, 5) is 11.6. The van der Waals surface area contributed by atoms with E-state index in [1.165, 1.54) is 0 Å². The van der Waals surface area contributed by atoms with Gasteiger partial charge in [0.25, 0.3) is 0 Å². The molecule has 19 heavy (non-hydrogen) atoms. The topological polar surface area (TPSA) is 64.3 Å². The van der Waals surface area contributed by atoms with Crippen LogP contribution >= 0.6 is 0 Å². The van der Waals surface area contributed by atoms with Crippen molar-refractivity contribution in [2.24, 2.45) is 5.73 Å². The third kappa shape index (κ3) is 5.26. The third-order valence-electron chi connectivity index (χ3n) is 2.43. The van der Waals surface area contributed by atoms with Crippen LogP contribution < -0.4 is 11.1 Å². The molecule has 0 saturated carbocycles. The van der Waals surface area contributed by atoms with Gasteiger partial charge in [-0.2, -0.15) is 0 Å². The minimum Gasteiger partial charge on any atom is -0.444 e. The Morgan fingerprint density at radius 3 is 2.42 bits per heavy atom. The maximum Gasteiger partial charge on any atom is 0.408 e. The van der Waals surface area contributed by atoms with Crippen molar-refractivity contribution in [1.29, 1.82) is 0 Å². The highest BCUT2D eigenvalue weighted by Gasteiger charge is 2.25. The van der Waals surface area contributed by atoms with E-state index < -0.39 is 23.9 Å². The van der Waals surface area contributed by atoms with Crippen molar-refractivity contribution in [1.82, 2.24) is 5.32 Å². The number of hydrogen-bond acceptors (Lipinski definition) is 3. The molecular formula is C14H21FN2O2. The summed E-state index contributed by atoms with van der Waals surface area (Å²) in [5.41, 5.74) is 5.37. The van der Waals surface area contributed by atoms with Crippen LogP contribution in [0, 0.1) is 0 Å². The summed E-state index contributed by atoms with van der Waals surface area (Å²) < 4.78 is 19.3. The Balaban J connectivity index is 2.66. The molecule has 0 aliphatic heterocycles. The first-order chi connectivity index (χ1) is 8.83. The van der Waals surface area contributed by atoms with Gasteiger partial charge in [-0.3, -0.25) is 0 Å². The molecule has 0 unspecified atom stereocenters. The van der Waals surface area contributed by atoms with Gasteiger partial charge >= 0.3 is 6.09 Å². The predicted octanol–water partition coefficient (Wildman–Crippen LogP) is 2.55. The van der Waals surface area contributed by atoms with Crippen molar-refractivity contribution in [3.63, 3.8) is 0 Å².